The Hall–Kier alpha value is -1.40. The number of ether oxygens (including phenoxy) is 1. The molecule has 3 N–H and O–H groups in total. The molecule has 0 aromatic carbocycles. The van der Waals surface area contributed by atoms with Crippen LogP contribution in [0.2, 0.25) is 0 Å². The molecule has 1 aliphatic heterocycles. The summed E-state index contributed by atoms with van der Waals surface area (Å²) in [5, 5.41) is 0. The monoisotopic (exact) mass is 277 g/mol. The Morgan fingerprint density at radius 3 is 2.90 bits per heavy atom. The highest BCUT2D eigenvalue weighted by molar-refractivity contribution is 5.50. The maximum atomic E-state index is 5.75. The summed E-state index contributed by atoms with van der Waals surface area (Å²) in [6.45, 7) is 5.90. The molecule has 2 atom stereocenters. The Morgan fingerprint density at radius 2 is 2.25 bits per heavy atom. The summed E-state index contributed by atoms with van der Waals surface area (Å²) in [4.78, 5) is 11.6. The van der Waals surface area contributed by atoms with E-state index in [1.165, 1.54) is 12.8 Å². The van der Waals surface area contributed by atoms with Crippen molar-refractivity contribution in [3.05, 3.63) is 11.9 Å². The highest BCUT2D eigenvalue weighted by Gasteiger charge is 2.31. The van der Waals surface area contributed by atoms with Crippen LogP contribution in [0.25, 0.3) is 0 Å². The van der Waals surface area contributed by atoms with Crippen LogP contribution in [0.15, 0.2) is 6.07 Å². The van der Waals surface area contributed by atoms with Gasteiger partial charge in [0.15, 0.2) is 0 Å². The van der Waals surface area contributed by atoms with E-state index in [0.29, 0.717) is 17.8 Å². The van der Waals surface area contributed by atoms with E-state index in [9.17, 15) is 0 Å². The van der Waals surface area contributed by atoms with Gasteiger partial charge in [0.05, 0.1) is 18.8 Å². The maximum Gasteiger partial charge on any atom is 0.145 e. The van der Waals surface area contributed by atoms with E-state index in [1.54, 1.807) is 0 Å². The Kier molecular flexibility index (Phi) is 3.76. The number of hydrogen-bond donors (Lipinski definition) is 2. The smallest absolute Gasteiger partial charge is 0.145 e. The zero-order chi connectivity index (χ0) is 14.1. The predicted molar refractivity (Wildman–Crippen MR) is 78.7 cm³/mol. The maximum absolute atomic E-state index is 5.75. The number of aromatic nitrogens is 2. The van der Waals surface area contributed by atoms with E-state index in [1.807, 2.05) is 6.07 Å². The summed E-state index contributed by atoms with van der Waals surface area (Å²) in [6, 6.07) is 2.31. The van der Waals surface area contributed by atoms with Gasteiger partial charge in [-0.1, -0.05) is 6.92 Å². The zero-order valence-electron chi connectivity index (χ0n) is 12.2. The molecule has 0 radical (unpaired) electrons. The predicted octanol–water partition coefficient (Wildman–Crippen LogP) is 1.64. The van der Waals surface area contributed by atoms with Crippen molar-refractivity contribution in [3.63, 3.8) is 0 Å². The number of nitrogens with one attached hydrogen (secondary N) is 1. The largest absolute Gasteiger partial charge is 0.375 e. The fourth-order valence-electron chi connectivity index (χ4n) is 2.66. The molecule has 1 saturated carbocycles. The molecule has 6 nitrogen and oxygen atoms in total. The number of morpholine rings is 1. The zero-order valence-corrected chi connectivity index (χ0v) is 12.2. The van der Waals surface area contributed by atoms with Crippen LogP contribution in [0.3, 0.4) is 0 Å². The summed E-state index contributed by atoms with van der Waals surface area (Å²) < 4.78 is 5.75. The third-order valence-electron chi connectivity index (χ3n) is 4.05. The van der Waals surface area contributed by atoms with E-state index in [4.69, 9.17) is 15.6 Å². The third kappa shape index (κ3) is 2.71. The van der Waals surface area contributed by atoms with Gasteiger partial charge in [0.25, 0.3) is 0 Å². The van der Waals surface area contributed by atoms with Crippen molar-refractivity contribution in [2.75, 3.05) is 23.5 Å². The summed E-state index contributed by atoms with van der Waals surface area (Å²) >= 11 is 0. The first kappa shape index (κ1) is 13.6. The van der Waals surface area contributed by atoms with Crippen molar-refractivity contribution in [2.24, 2.45) is 5.84 Å². The first-order chi connectivity index (χ1) is 9.71. The average molecular weight is 277 g/mol. The highest BCUT2D eigenvalue weighted by atomic mass is 16.5. The Morgan fingerprint density at radius 1 is 1.45 bits per heavy atom. The molecule has 20 heavy (non-hydrogen) atoms. The van der Waals surface area contributed by atoms with Crippen LogP contribution < -0.4 is 16.2 Å². The van der Waals surface area contributed by atoms with Gasteiger partial charge in [-0.2, -0.15) is 0 Å². The van der Waals surface area contributed by atoms with Crippen molar-refractivity contribution >= 4 is 11.6 Å². The van der Waals surface area contributed by atoms with Gasteiger partial charge in [-0.15, -0.1) is 0 Å². The number of nitrogens with zero attached hydrogens (tertiary/aromatic N) is 3. The van der Waals surface area contributed by atoms with Gasteiger partial charge in [-0.25, -0.2) is 15.8 Å². The molecular weight excluding hydrogens is 254 g/mol. The normalized spacial score (nSPS) is 26.6. The second-order valence-corrected chi connectivity index (χ2v) is 5.75. The number of rotatable bonds is 4. The van der Waals surface area contributed by atoms with Gasteiger partial charge >= 0.3 is 0 Å². The van der Waals surface area contributed by atoms with Crippen LogP contribution in [-0.4, -0.2) is 35.3 Å². The number of nitrogens with two attached hydrogens (primary N) is 1. The highest BCUT2D eigenvalue weighted by Crippen LogP contribution is 2.39. The van der Waals surface area contributed by atoms with Gasteiger partial charge in [0.1, 0.15) is 17.5 Å². The Bertz CT molecular complexity index is 477. The lowest BCUT2D eigenvalue weighted by molar-refractivity contribution is 0.0296. The van der Waals surface area contributed by atoms with Gasteiger partial charge in [0, 0.05) is 18.5 Å². The molecule has 6 heteroatoms. The Labute approximate surface area is 119 Å². The third-order valence-corrected chi connectivity index (χ3v) is 4.05. The SMILES string of the molecule is CCC1COC(C)CN1c1cc(NN)nc(C2CC2)n1. The molecule has 0 amide bonds. The van der Waals surface area contributed by atoms with Crippen LogP contribution in [0.1, 0.15) is 44.9 Å². The second-order valence-electron chi connectivity index (χ2n) is 5.75. The van der Waals surface area contributed by atoms with Crippen LogP contribution >= 0.6 is 0 Å². The standard InChI is InChI=1S/C14H23N5O/c1-3-11-8-20-9(2)7-19(11)13-6-12(18-15)16-14(17-13)10-4-5-10/h6,9-11H,3-5,7-8,15H2,1-2H3,(H,16,17,18). The van der Waals surface area contributed by atoms with Crippen LogP contribution in [0, 0.1) is 0 Å². The second kappa shape index (κ2) is 5.54. The number of hydrogen-bond acceptors (Lipinski definition) is 6. The molecule has 3 rings (SSSR count). The van der Waals surface area contributed by atoms with Crippen molar-refractivity contribution in [3.8, 4) is 0 Å². The van der Waals surface area contributed by atoms with Crippen molar-refractivity contribution < 1.29 is 4.74 Å². The molecule has 1 aliphatic carbocycles. The molecule has 2 fully saturated rings. The number of anilines is 2. The molecule has 0 bridgehead atoms. The topological polar surface area (TPSA) is 76.3 Å². The molecule has 1 aromatic heterocycles. The lowest BCUT2D eigenvalue weighted by Gasteiger charge is -2.39. The first-order valence-electron chi connectivity index (χ1n) is 7.45. The van der Waals surface area contributed by atoms with E-state index >= 15 is 0 Å². The fraction of sp³-hybridized carbons (Fsp3) is 0.714. The van der Waals surface area contributed by atoms with Crippen LogP contribution in [0.5, 0.6) is 0 Å². The fourth-order valence-corrected chi connectivity index (χ4v) is 2.66. The number of hydrazine groups is 1. The summed E-state index contributed by atoms with van der Waals surface area (Å²) in [7, 11) is 0. The van der Waals surface area contributed by atoms with Gasteiger partial charge in [-0.3, -0.25) is 0 Å². The van der Waals surface area contributed by atoms with Gasteiger partial charge in [-0.05, 0) is 26.2 Å². The minimum Gasteiger partial charge on any atom is -0.375 e. The summed E-state index contributed by atoms with van der Waals surface area (Å²) in [5.41, 5.74) is 2.66. The van der Waals surface area contributed by atoms with E-state index < -0.39 is 0 Å². The van der Waals surface area contributed by atoms with E-state index in [0.717, 1.165) is 31.2 Å². The van der Waals surface area contributed by atoms with Crippen molar-refractivity contribution in [1.82, 2.24) is 9.97 Å². The van der Waals surface area contributed by atoms with E-state index in [2.05, 4.69) is 29.2 Å². The lowest BCUT2D eigenvalue weighted by atomic mass is 10.1. The minimum absolute atomic E-state index is 0.228. The molecule has 2 aliphatic rings. The van der Waals surface area contributed by atoms with Crippen molar-refractivity contribution in [1.29, 1.82) is 0 Å². The summed E-state index contributed by atoms with van der Waals surface area (Å²) in [6.07, 6.45) is 3.64. The summed E-state index contributed by atoms with van der Waals surface area (Å²) in [5.74, 6) is 8.65. The molecule has 2 heterocycles. The molecular formula is C14H23N5O. The molecule has 1 aromatic rings. The molecule has 1 saturated heterocycles. The quantitative estimate of drug-likeness (QED) is 0.643. The molecule has 2 unspecified atom stereocenters. The first-order valence-corrected chi connectivity index (χ1v) is 7.45. The van der Waals surface area contributed by atoms with Crippen molar-refractivity contribution in [2.45, 2.75) is 51.2 Å². The van der Waals surface area contributed by atoms with Crippen LogP contribution in [0.4, 0.5) is 11.6 Å². The lowest BCUT2D eigenvalue weighted by Crippen LogP contribution is -2.49. The van der Waals surface area contributed by atoms with Gasteiger partial charge < -0.3 is 15.1 Å². The average Bonchev–Trinajstić information content (AvgIpc) is 3.31. The molecule has 110 valence electrons. The molecule has 0 spiro atoms. The Balaban J connectivity index is 1.91. The number of nitrogen functional groups attached to an aromatic ring is 1. The van der Waals surface area contributed by atoms with E-state index in [-0.39, 0.29) is 6.10 Å². The minimum atomic E-state index is 0.228. The van der Waals surface area contributed by atoms with Gasteiger partial charge in [0.2, 0.25) is 0 Å². The van der Waals surface area contributed by atoms with Crippen LogP contribution in [-0.2, 0) is 4.74 Å².